The van der Waals surface area contributed by atoms with Gasteiger partial charge in [0.05, 0.1) is 6.61 Å². The van der Waals surface area contributed by atoms with Crippen LogP contribution in [0.25, 0.3) is 0 Å². The number of benzene rings is 2. The summed E-state index contributed by atoms with van der Waals surface area (Å²) in [5.41, 5.74) is 9.65. The smallest absolute Gasteiger partial charge is 0.119 e. The molecule has 22 heavy (non-hydrogen) atoms. The molecule has 2 aromatic rings. The average Bonchev–Trinajstić information content (AvgIpc) is 2.52. The predicted octanol–water partition coefficient (Wildman–Crippen LogP) is 4.86. The van der Waals surface area contributed by atoms with Crippen LogP contribution < -0.4 is 10.5 Å². The predicted molar refractivity (Wildman–Crippen MR) is 93.9 cm³/mol. The number of hydrogen-bond acceptors (Lipinski definition) is 2. The van der Waals surface area contributed by atoms with Crippen molar-refractivity contribution in [3.63, 3.8) is 0 Å². The molecule has 1 unspecified atom stereocenters. The Morgan fingerprint density at radius 2 is 1.86 bits per heavy atom. The molecular weight excluding hydrogens is 294 g/mol. The van der Waals surface area contributed by atoms with Crippen LogP contribution >= 0.6 is 11.6 Å². The minimum absolute atomic E-state index is 0.400. The van der Waals surface area contributed by atoms with Crippen molar-refractivity contribution in [2.45, 2.75) is 32.6 Å². The second-order valence-corrected chi connectivity index (χ2v) is 6.10. The van der Waals surface area contributed by atoms with E-state index in [1.165, 1.54) is 11.1 Å². The van der Waals surface area contributed by atoms with Crippen LogP contribution in [0.4, 0.5) is 0 Å². The summed E-state index contributed by atoms with van der Waals surface area (Å²) in [7, 11) is 0. The van der Waals surface area contributed by atoms with Crippen molar-refractivity contribution < 1.29 is 4.74 Å². The van der Waals surface area contributed by atoms with Gasteiger partial charge < -0.3 is 10.5 Å². The molecule has 0 fully saturated rings. The Labute approximate surface area is 138 Å². The van der Waals surface area contributed by atoms with Gasteiger partial charge in [-0.2, -0.15) is 0 Å². The van der Waals surface area contributed by atoms with Crippen molar-refractivity contribution in [1.29, 1.82) is 0 Å². The van der Waals surface area contributed by atoms with E-state index in [2.05, 4.69) is 31.2 Å². The Balaban J connectivity index is 1.84. The van der Waals surface area contributed by atoms with Crippen LogP contribution in [0.3, 0.4) is 0 Å². The van der Waals surface area contributed by atoms with Crippen LogP contribution in [0.2, 0.25) is 5.02 Å². The molecule has 0 saturated carbocycles. The zero-order valence-corrected chi connectivity index (χ0v) is 14.1. The summed E-state index contributed by atoms with van der Waals surface area (Å²) in [6.45, 7) is 5.50. The topological polar surface area (TPSA) is 35.2 Å². The first-order valence-electron chi connectivity index (χ1n) is 7.76. The highest BCUT2D eigenvalue weighted by Crippen LogP contribution is 2.24. The third kappa shape index (κ3) is 4.49. The van der Waals surface area contributed by atoms with Crippen LogP contribution in [0.15, 0.2) is 42.5 Å². The molecule has 1 atom stereocenters. The Morgan fingerprint density at radius 3 is 2.55 bits per heavy atom. The fraction of sp³-hybridized carbons (Fsp3) is 0.368. The summed E-state index contributed by atoms with van der Waals surface area (Å²) in [6, 6.07) is 14.2. The lowest BCUT2D eigenvalue weighted by molar-refractivity contribution is 0.301. The fourth-order valence-electron chi connectivity index (χ4n) is 2.67. The molecule has 0 aliphatic heterocycles. The summed E-state index contributed by atoms with van der Waals surface area (Å²) >= 11 is 6.02. The van der Waals surface area contributed by atoms with Crippen molar-refractivity contribution in [2.24, 2.45) is 5.73 Å². The number of hydrogen-bond donors (Lipinski definition) is 1. The third-order valence-electron chi connectivity index (χ3n) is 4.01. The maximum absolute atomic E-state index is 6.02. The van der Waals surface area contributed by atoms with Crippen LogP contribution in [0.1, 0.15) is 35.4 Å². The normalized spacial score (nSPS) is 12.2. The van der Waals surface area contributed by atoms with Crippen molar-refractivity contribution >= 4 is 11.6 Å². The molecule has 0 spiro atoms. The van der Waals surface area contributed by atoms with E-state index in [1.807, 2.05) is 25.1 Å². The van der Waals surface area contributed by atoms with E-state index >= 15 is 0 Å². The van der Waals surface area contributed by atoms with E-state index in [9.17, 15) is 0 Å². The van der Waals surface area contributed by atoms with E-state index in [0.29, 0.717) is 19.1 Å². The maximum atomic E-state index is 6.02. The van der Waals surface area contributed by atoms with Crippen LogP contribution in [-0.4, -0.2) is 13.2 Å². The van der Waals surface area contributed by atoms with Gasteiger partial charge in [0.2, 0.25) is 0 Å². The molecule has 0 bridgehead atoms. The van der Waals surface area contributed by atoms with Gasteiger partial charge in [0, 0.05) is 5.02 Å². The highest BCUT2D eigenvalue weighted by atomic mass is 35.5. The molecule has 2 rings (SSSR count). The van der Waals surface area contributed by atoms with E-state index in [4.69, 9.17) is 22.1 Å². The van der Waals surface area contributed by atoms with Crippen molar-refractivity contribution in [3.8, 4) is 5.75 Å². The molecule has 0 amide bonds. The Bertz CT molecular complexity index is 612. The third-order valence-corrected chi connectivity index (χ3v) is 4.43. The molecule has 0 aliphatic rings. The van der Waals surface area contributed by atoms with Crippen LogP contribution in [0, 0.1) is 13.8 Å². The van der Waals surface area contributed by atoms with Gasteiger partial charge in [-0.15, -0.1) is 0 Å². The van der Waals surface area contributed by atoms with Crippen LogP contribution in [-0.2, 0) is 0 Å². The second-order valence-electron chi connectivity index (χ2n) is 5.69. The highest BCUT2D eigenvalue weighted by molar-refractivity contribution is 6.31. The van der Waals surface area contributed by atoms with E-state index in [0.717, 1.165) is 29.2 Å². The first-order valence-corrected chi connectivity index (χ1v) is 8.14. The van der Waals surface area contributed by atoms with Gasteiger partial charge in [0.1, 0.15) is 5.75 Å². The number of aryl methyl sites for hydroxylation is 2. The SMILES string of the molecule is Cc1cc(OCCCC(CN)c2ccccc2C)ccc1Cl. The lowest BCUT2D eigenvalue weighted by atomic mass is 9.91. The summed E-state index contributed by atoms with van der Waals surface area (Å²) in [6.07, 6.45) is 2.02. The summed E-state index contributed by atoms with van der Waals surface area (Å²) in [4.78, 5) is 0. The minimum Gasteiger partial charge on any atom is -0.494 e. The number of halogens is 1. The zero-order chi connectivity index (χ0) is 15.9. The molecule has 2 N–H and O–H groups in total. The fourth-order valence-corrected chi connectivity index (χ4v) is 2.79. The molecule has 0 heterocycles. The number of ether oxygens (including phenoxy) is 1. The first-order chi connectivity index (χ1) is 10.6. The summed E-state index contributed by atoms with van der Waals surface area (Å²) < 4.78 is 5.80. The van der Waals surface area contributed by atoms with Gasteiger partial charge in [-0.1, -0.05) is 35.9 Å². The molecule has 2 nitrogen and oxygen atoms in total. The van der Waals surface area contributed by atoms with Crippen LogP contribution in [0.5, 0.6) is 5.75 Å². The van der Waals surface area contributed by atoms with Gasteiger partial charge >= 0.3 is 0 Å². The van der Waals surface area contributed by atoms with Gasteiger partial charge in [0.15, 0.2) is 0 Å². The Kier molecular flexibility index (Phi) is 6.29. The standard InChI is InChI=1S/C19H24ClNO/c1-14-6-3-4-8-18(14)16(13-21)7-5-11-22-17-9-10-19(20)15(2)12-17/h3-4,6,8-10,12,16H,5,7,11,13,21H2,1-2H3. The number of nitrogens with two attached hydrogens (primary N) is 1. The molecular formula is C19H24ClNO. The molecule has 0 aliphatic carbocycles. The van der Waals surface area contributed by atoms with Crippen molar-refractivity contribution in [1.82, 2.24) is 0 Å². The summed E-state index contributed by atoms with van der Waals surface area (Å²) in [5, 5.41) is 0.773. The zero-order valence-electron chi connectivity index (χ0n) is 13.3. The monoisotopic (exact) mass is 317 g/mol. The largest absolute Gasteiger partial charge is 0.494 e. The molecule has 0 radical (unpaired) electrons. The first kappa shape index (κ1) is 16.9. The lowest BCUT2D eigenvalue weighted by Crippen LogP contribution is -2.14. The van der Waals surface area contributed by atoms with E-state index in [1.54, 1.807) is 0 Å². The van der Waals surface area contributed by atoms with Gasteiger partial charge in [-0.3, -0.25) is 0 Å². The Morgan fingerprint density at radius 1 is 1.09 bits per heavy atom. The van der Waals surface area contributed by atoms with Crippen molar-refractivity contribution in [3.05, 3.63) is 64.2 Å². The van der Waals surface area contributed by atoms with Gasteiger partial charge in [-0.25, -0.2) is 0 Å². The molecule has 2 aromatic carbocycles. The molecule has 118 valence electrons. The minimum atomic E-state index is 0.400. The summed E-state index contributed by atoms with van der Waals surface area (Å²) in [5.74, 6) is 1.28. The Hall–Kier alpha value is -1.51. The van der Waals surface area contributed by atoms with E-state index < -0.39 is 0 Å². The lowest BCUT2D eigenvalue weighted by Gasteiger charge is -2.17. The maximum Gasteiger partial charge on any atom is 0.119 e. The molecule has 0 saturated heterocycles. The quantitative estimate of drug-likeness (QED) is 0.740. The molecule has 3 heteroatoms. The number of rotatable bonds is 7. The van der Waals surface area contributed by atoms with Crippen molar-refractivity contribution in [2.75, 3.05) is 13.2 Å². The van der Waals surface area contributed by atoms with Gasteiger partial charge in [0.25, 0.3) is 0 Å². The van der Waals surface area contributed by atoms with E-state index in [-0.39, 0.29) is 0 Å². The van der Waals surface area contributed by atoms with Gasteiger partial charge in [-0.05, 0) is 74.0 Å². The second kappa shape index (κ2) is 8.21. The highest BCUT2D eigenvalue weighted by Gasteiger charge is 2.11. The average molecular weight is 318 g/mol. The molecule has 0 aromatic heterocycles.